The predicted molar refractivity (Wildman–Crippen MR) is 146 cm³/mol. The van der Waals surface area contributed by atoms with E-state index in [0.29, 0.717) is 43.8 Å². The lowest BCUT2D eigenvalue weighted by molar-refractivity contribution is -0.385. The average molecular weight is 534 g/mol. The van der Waals surface area contributed by atoms with E-state index in [4.69, 9.17) is 19.3 Å². The predicted octanol–water partition coefficient (Wildman–Crippen LogP) is 6.85. The Bertz CT molecular complexity index is 1300. The number of nitrogens with zero attached hydrogens (tertiary/aromatic N) is 1. The minimum Gasteiger partial charge on any atom is -0.494 e. The highest BCUT2D eigenvalue weighted by atomic mass is 16.6. The molecule has 0 amide bonds. The number of benzene rings is 3. The van der Waals surface area contributed by atoms with Crippen molar-refractivity contribution < 1.29 is 33.8 Å². The molecule has 0 aliphatic heterocycles. The fraction of sp³-hybridized carbons (Fsp3) is 0.267. The summed E-state index contributed by atoms with van der Waals surface area (Å²) in [5.74, 6) is -0.640. The molecule has 0 aromatic heterocycles. The number of hydrogen-bond acceptors (Lipinski definition) is 7. The summed E-state index contributed by atoms with van der Waals surface area (Å²) in [5.41, 5.74) is 1.41. The largest absolute Gasteiger partial charge is 0.494 e. The van der Waals surface area contributed by atoms with E-state index in [2.05, 4.69) is 13.5 Å². The number of hydrogen-bond donors (Lipinski definition) is 1. The van der Waals surface area contributed by atoms with Crippen molar-refractivity contribution in [2.75, 3.05) is 13.2 Å². The summed E-state index contributed by atoms with van der Waals surface area (Å²) in [6.07, 6.45) is 3.66. The van der Waals surface area contributed by atoms with Gasteiger partial charge in [-0.05, 0) is 79.3 Å². The van der Waals surface area contributed by atoms with Crippen molar-refractivity contribution in [3.05, 3.63) is 94.6 Å². The highest BCUT2D eigenvalue weighted by Gasteiger charge is 2.20. The van der Waals surface area contributed by atoms with Crippen LogP contribution in [0.1, 0.15) is 49.4 Å². The molecule has 1 N–H and O–H groups in total. The highest BCUT2D eigenvalue weighted by molar-refractivity contribution is 5.92. The van der Waals surface area contributed by atoms with Gasteiger partial charge in [0.05, 0.1) is 23.7 Å². The second-order valence-corrected chi connectivity index (χ2v) is 8.79. The molecule has 0 unspecified atom stereocenters. The molecule has 0 saturated carbocycles. The van der Waals surface area contributed by atoms with Gasteiger partial charge in [-0.15, -0.1) is 0 Å². The third-order valence-corrected chi connectivity index (χ3v) is 5.85. The van der Waals surface area contributed by atoms with Crippen LogP contribution in [-0.4, -0.2) is 35.2 Å². The summed E-state index contributed by atoms with van der Waals surface area (Å²) in [6.45, 7) is 6.58. The van der Waals surface area contributed by atoms with Gasteiger partial charge in [0.2, 0.25) is 5.75 Å². The molecule has 0 heterocycles. The summed E-state index contributed by atoms with van der Waals surface area (Å²) >= 11 is 0. The zero-order chi connectivity index (χ0) is 28.2. The van der Waals surface area contributed by atoms with Gasteiger partial charge in [-0.1, -0.05) is 38.1 Å². The van der Waals surface area contributed by atoms with Crippen LogP contribution in [0.25, 0.3) is 11.1 Å². The Kier molecular flexibility index (Phi) is 10.6. The smallest absolute Gasteiger partial charge is 0.343 e. The van der Waals surface area contributed by atoms with E-state index in [-0.39, 0.29) is 22.6 Å². The fourth-order valence-corrected chi connectivity index (χ4v) is 3.59. The summed E-state index contributed by atoms with van der Waals surface area (Å²) in [5, 5.41) is 20.5. The van der Waals surface area contributed by atoms with Crippen molar-refractivity contribution >= 4 is 17.6 Å². The number of unbranched alkanes of at least 4 members (excludes halogenated alkanes) is 2. The Hall–Kier alpha value is -4.66. The number of carbonyl (C=O) groups excluding carboxylic acids is 1. The number of carboxylic acids is 1. The number of rotatable bonds is 15. The zero-order valence-electron chi connectivity index (χ0n) is 21.8. The molecule has 9 heteroatoms. The zero-order valence-corrected chi connectivity index (χ0v) is 21.8. The molecule has 0 spiro atoms. The Morgan fingerprint density at radius 2 is 1.46 bits per heavy atom. The minimum atomic E-state index is -1.00. The highest BCUT2D eigenvalue weighted by Crippen LogP contribution is 2.33. The number of carbonyl (C=O) groups is 2. The van der Waals surface area contributed by atoms with Crippen LogP contribution in [0.5, 0.6) is 17.2 Å². The molecule has 0 aliphatic carbocycles. The fourth-order valence-electron chi connectivity index (χ4n) is 3.59. The Morgan fingerprint density at radius 3 is 2.05 bits per heavy atom. The maximum atomic E-state index is 12.7. The third-order valence-electron chi connectivity index (χ3n) is 5.85. The van der Waals surface area contributed by atoms with Gasteiger partial charge >= 0.3 is 17.6 Å². The number of ether oxygens (including phenoxy) is 3. The normalized spacial score (nSPS) is 10.5. The maximum Gasteiger partial charge on any atom is 0.343 e. The SMILES string of the molecule is C=C(CCCCOc1ccc(C(=O)Oc2ccc(-c3ccc(OCCCC)cc3)cc2[N+](=O)[O-])cc1)C(=O)O. The quantitative estimate of drug-likeness (QED) is 0.0561. The van der Waals surface area contributed by atoms with Gasteiger partial charge in [-0.25, -0.2) is 9.59 Å². The number of esters is 1. The summed E-state index contributed by atoms with van der Waals surface area (Å²) in [6, 6.07) is 17.9. The van der Waals surface area contributed by atoms with Crippen LogP contribution < -0.4 is 14.2 Å². The average Bonchev–Trinajstić information content (AvgIpc) is 2.93. The van der Waals surface area contributed by atoms with E-state index < -0.39 is 16.9 Å². The monoisotopic (exact) mass is 533 g/mol. The van der Waals surface area contributed by atoms with Crippen LogP contribution in [0.2, 0.25) is 0 Å². The molecule has 9 nitrogen and oxygen atoms in total. The molecular weight excluding hydrogens is 502 g/mol. The lowest BCUT2D eigenvalue weighted by Crippen LogP contribution is -2.10. The van der Waals surface area contributed by atoms with Gasteiger partial charge in [-0.2, -0.15) is 0 Å². The van der Waals surface area contributed by atoms with Crippen molar-refractivity contribution in [3.8, 4) is 28.4 Å². The van der Waals surface area contributed by atoms with E-state index >= 15 is 0 Å². The first-order valence-corrected chi connectivity index (χ1v) is 12.7. The van der Waals surface area contributed by atoms with Crippen molar-refractivity contribution in [1.82, 2.24) is 0 Å². The summed E-state index contributed by atoms with van der Waals surface area (Å²) in [4.78, 5) is 34.6. The molecule has 0 aliphatic rings. The van der Waals surface area contributed by atoms with Crippen molar-refractivity contribution in [2.24, 2.45) is 0 Å². The van der Waals surface area contributed by atoms with Crippen LogP contribution in [-0.2, 0) is 4.79 Å². The van der Waals surface area contributed by atoms with E-state index in [0.717, 1.165) is 24.2 Å². The topological polar surface area (TPSA) is 125 Å². The summed E-state index contributed by atoms with van der Waals surface area (Å²) in [7, 11) is 0. The summed E-state index contributed by atoms with van der Waals surface area (Å²) < 4.78 is 16.6. The van der Waals surface area contributed by atoms with Gasteiger partial charge in [0.25, 0.3) is 0 Å². The molecule has 204 valence electrons. The third kappa shape index (κ3) is 8.70. The van der Waals surface area contributed by atoms with Gasteiger partial charge in [-0.3, -0.25) is 10.1 Å². The Morgan fingerprint density at radius 1 is 0.872 bits per heavy atom. The van der Waals surface area contributed by atoms with Crippen LogP contribution in [0.15, 0.2) is 78.9 Å². The molecular formula is C30H31NO8. The molecule has 39 heavy (non-hydrogen) atoms. The lowest BCUT2D eigenvalue weighted by Gasteiger charge is -2.10. The number of carboxylic acid groups (broad SMARTS) is 1. The number of nitro benzene ring substituents is 1. The number of nitro groups is 1. The molecule has 3 aromatic carbocycles. The van der Waals surface area contributed by atoms with Gasteiger partial charge in [0.1, 0.15) is 11.5 Å². The molecule has 0 radical (unpaired) electrons. The molecule has 0 atom stereocenters. The van der Waals surface area contributed by atoms with E-state index in [1.165, 1.54) is 24.3 Å². The molecule has 0 fully saturated rings. The van der Waals surface area contributed by atoms with Gasteiger partial charge < -0.3 is 19.3 Å². The van der Waals surface area contributed by atoms with E-state index in [1.807, 2.05) is 24.3 Å². The molecule has 0 bridgehead atoms. The van der Waals surface area contributed by atoms with E-state index in [9.17, 15) is 19.7 Å². The van der Waals surface area contributed by atoms with Crippen LogP contribution in [0.4, 0.5) is 5.69 Å². The first-order valence-electron chi connectivity index (χ1n) is 12.7. The second-order valence-electron chi connectivity index (χ2n) is 8.79. The van der Waals surface area contributed by atoms with Crippen LogP contribution in [0, 0.1) is 10.1 Å². The Labute approximate surface area is 226 Å². The first-order chi connectivity index (χ1) is 18.8. The molecule has 3 rings (SSSR count). The maximum absolute atomic E-state index is 12.7. The van der Waals surface area contributed by atoms with Crippen molar-refractivity contribution in [1.29, 1.82) is 0 Å². The van der Waals surface area contributed by atoms with Crippen molar-refractivity contribution in [2.45, 2.75) is 39.0 Å². The second kappa shape index (κ2) is 14.3. The van der Waals surface area contributed by atoms with Gasteiger partial charge in [0.15, 0.2) is 0 Å². The van der Waals surface area contributed by atoms with E-state index in [1.54, 1.807) is 18.2 Å². The minimum absolute atomic E-state index is 0.156. The lowest BCUT2D eigenvalue weighted by atomic mass is 10.0. The molecule has 0 saturated heterocycles. The molecule has 3 aromatic rings. The van der Waals surface area contributed by atoms with Crippen LogP contribution >= 0.6 is 0 Å². The van der Waals surface area contributed by atoms with Gasteiger partial charge in [0, 0.05) is 11.6 Å². The standard InChI is InChI=1S/C30H31NO8/c1-3-4-18-37-25-13-8-22(9-14-25)24-12-17-28(27(20-24)31(35)36)39-30(34)23-10-15-26(16-11-23)38-19-6-5-7-21(2)29(32)33/h8-17,20H,2-7,18-19H2,1H3,(H,32,33). The van der Waals surface area contributed by atoms with Crippen molar-refractivity contribution in [3.63, 3.8) is 0 Å². The first kappa shape index (κ1) is 28.9. The number of aliphatic carboxylic acids is 1. The van der Waals surface area contributed by atoms with Crippen LogP contribution in [0.3, 0.4) is 0 Å². The Balaban J connectivity index is 1.59.